The van der Waals surface area contributed by atoms with Crippen molar-refractivity contribution in [1.82, 2.24) is 9.97 Å². The summed E-state index contributed by atoms with van der Waals surface area (Å²) in [4.78, 5) is 12.2. The number of anilines is 3. The maximum absolute atomic E-state index is 6.16. The molecule has 1 fully saturated rings. The molecule has 2 aliphatic rings. The van der Waals surface area contributed by atoms with Crippen LogP contribution in [0.25, 0.3) is 0 Å². The van der Waals surface area contributed by atoms with E-state index in [4.69, 9.17) is 21.6 Å². The second kappa shape index (κ2) is 7.03. The molecular weight excluding hydrogens is 380 g/mol. The van der Waals surface area contributed by atoms with Gasteiger partial charge in [-0.15, -0.1) is 0 Å². The quantitative estimate of drug-likeness (QED) is 0.571. The molecule has 0 atom stereocenters. The Morgan fingerprint density at radius 2 is 1.79 bits per heavy atom. The summed E-state index contributed by atoms with van der Waals surface area (Å²) in [6.07, 6.45) is 3.35. The number of benzene rings is 2. The van der Waals surface area contributed by atoms with Gasteiger partial charge in [0, 0.05) is 34.8 Å². The maximum Gasteiger partial charge on any atom is 0.136 e. The van der Waals surface area contributed by atoms with E-state index in [1.54, 1.807) is 0 Å². The summed E-state index contributed by atoms with van der Waals surface area (Å²) >= 11 is 6.16. The van der Waals surface area contributed by atoms with Crippen molar-refractivity contribution in [3.63, 3.8) is 0 Å². The Bertz CT molecular complexity index is 1060. The lowest BCUT2D eigenvalue weighted by atomic mass is 9.85. The monoisotopic (exact) mass is 404 g/mol. The van der Waals surface area contributed by atoms with Crippen LogP contribution in [0.5, 0.6) is 0 Å². The molecule has 1 N–H and O–H groups in total. The number of hydrogen-bond donors (Lipinski definition) is 1. The SMILES string of the molecule is CC1(C)Cc2ccccc2CN1c1cc(Nc2cccc(Cl)c2)nc(C2CC2)n1. The first kappa shape index (κ1) is 18.4. The van der Waals surface area contributed by atoms with E-state index in [0.717, 1.165) is 36.1 Å². The van der Waals surface area contributed by atoms with Crippen molar-refractivity contribution in [2.75, 3.05) is 10.2 Å². The lowest BCUT2D eigenvalue weighted by molar-refractivity contribution is 0.427. The second-order valence-corrected chi connectivity index (χ2v) is 9.16. The first-order valence-corrected chi connectivity index (χ1v) is 10.6. The van der Waals surface area contributed by atoms with Crippen LogP contribution in [0.2, 0.25) is 5.02 Å². The van der Waals surface area contributed by atoms with Crippen molar-refractivity contribution >= 4 is 28.9 Å². The summed E-state index contributed by atoms with van der Waals surface area (Å²) < 4.78 is 0. The third kappa shape index (κ3) is 3.82. The molecule has 3 aromatic rings. The van der Waals surface area contributed by atoms with Gasteiger partial charge in [0.2, 0.25) is 0 Å². The number of aromatic nitrogens is 2. The molecule has 0 radical (unpaired) electrons. The molecule has 1 saturated carbocycles. The van der Waals surface area contributed by atoms with Crippen molar-refractivity contribution in [3.05, 3.63) is 76.6 Å². The summed E-state index contributed by atoms with van der Waals surface area (Å²) in [5, 5.41) is 4.14. The molecule has 5 rings (SSSR count). The summed E-state index contributed by atoms with van der Waals surface area (Å²) in [7, 11) is 0. The Morgan fingerprint density at radius 3 is 2.55 bits per heavy atom. The second-order valence-electron chi connectivity index (χ2n) is 8.72. The van der Waals surface area contributed by atoms with E-state index in [1.165, 1.54) is 24.0 Å². The first-order valence-electron chi connectivity index (χ1n) is 10.2. The van der Waals surface area contributed by atoms with Gasteiger partial charge in [0.15, 0.2) is 0 Å². The Balaban J connectivity index is 1.53. The maximum atomic E-state index is 6.16. The fourth-order valence-corrected chi connectivity index (χ4v) is 4.30. The predicted octanol–water partition coefficient (Wildman–Crippen LogP) is 6.09. The molecule has 1 aliphatic carbocycles. The summed E-state index contributed by atoms with van der Waals surface area (Å²) in [6.45, 7) is 5.46. The van der Waals surface area contributed by atoms with Gasteiger partial charge in [0.1, 0.15) is 17.5 Å². The minimum absolute atomic E-state index is 0.0170. The van der Waals surface area contributed by atoms with Crippen LogP contribution in [0, 0.1) is 0 Å². The fraction of sp³-hybridized carbons (Fsp3) is 0.333. The molecule has 1 aliphatic heterocycles. The number of nitrogens with zero attached hydrogens (tertiary/aromatic N) is 3. The van der Waals surface area contributed by atoms with Crippen LogP contribution in [-0.2, 0) is 13.0 Å². The highest BCUT2D eigenvalue weighted by molar-refractivity contribution is 6.30. The van der Waals surface area contributed by atoms with E-state index in [0.29, 0.717) is 10.9 Å². The molecular formula is C24H25ClN4. The number of rotatable bonds is 4. The van der Waals surface area contributed by atoms with Gasteiger partial charge in [-0.25, -0.2) is 9.97 Å². The minimum atomic E-state index is -0.0170. The highest BCUT2D eigenvalue weighted by Gasteiger charge is 2.35. The molecule has 0 unspecified atom stereocenters. The molecule has 4 nitrogen and oxygen atoms in total. The van der Waals surface area contributed by atoms with E-state index < -0.39 is 0 Å². The zero-order valence-electron chi connectivity index (χ0n) is 16.8. The van der Waals surface area contributed by atoms with Crippen LogP contribution in [0.1, 0.15) is 49.6 Å². The van der Waals surface area contributed by atoms with Crippen LogP contribution in [-0.4, -0.2) is 15.5 Å². The number of halogens is 1. The van der Waals surface area contributed by atoms with E-state index >= 15 is 0 Å². The summed E-state index contributed by atoms with van der Waals surface area (Å²) in [5.74, 6) is 3.25. The van der Waals surface area contributed by atoms with Gasteiger partial charge in [-0.1, -0.05) is 41.9 Å². The van der Waals surface area contributed by atoms with Crippen molar-refractivity contribution in [3.8, 4) is 0 Å². The zero-order valence-corrected chi connectivity index (χ0v) is 17.6. The normalized spacial score (nSPS) is 17.7. The zero-order chi connectivity index (χ0) is 20.0. The molecule has 0 saturated heterocycles. The van der Waals surface area contributed by atoms with Crippen LogP contribution in [0.3, 0.4) is 0 Å². The first-order chi connectivity index (χ1) is 14.0. The van der Waals surface area contributed by atoms with E-state index in [2.05, 4.69) is 54.4 Å². The van der Waals surface area contributed by atoms with Crippen LogP contribution >= 0.6 is 11.6 Å². The molecule has 5 heteroatoms. The molecule has 0 amide bonds. The van der Waals surface area contributed by atoms with E-state index in [1.807, 2.05) is 24.3 Å². The summed E-state index contributed by atoms with van der Waals surface area (Å²) in [5.41, 5.74) is 3.73. The van der Waals surface area contributed by atoms with Gasteiger partial charge >= 0.3 is 0 Å². The van der Waals surface area contributed by atoms with E-state index in [9.17, 15) is 0 Å². The molecule has 0 spiro atoms. The third-order valence-corrected chi connectivity index (χ3v) is 6.08. The third-order valence-electron chi connectivity index (χ3n) is 5.85. The Morgan fingerprint density at radius 1 is 1.00 bits per heavy atom. The Hall–Kier alpha value is -2.59. The lowest BCUT2D eigenvalue weighted by Gasteiger charge is -2.44. The van der Waals surface area contributed by atoms with Crippen molar-refractivity contribution in [1.29, 1.82) is 0 Å². The Labute approximate surface area is 177 Å². The Kier molecular flexibility index (Phi) is 4.47. The standard InChI is InChI=1S/C24H25ClN4/c1-24(2)14-17-6-3-4-7-18(17)15-29(24)22-13-21(27-23(28-22)16-10-11-16)26-20-9-5-8-19(25)12-20/h3-9,12-13,16H,10-11,14-15H2,1-2H3,(H,26,27,28). The molecule has 29 heavy (non-hydrogen) atoms. The van der Waals surface area contributed by atoms with Gasteiger partial charge < -0.3 is 10.2 Å². The predicted molar refractivity (Wildman–Crippen MR) is 119 cm³/mol. The highest BCUT2D eigenvalue weighted by Crippen LogP contribution is 2.41. The average Bonchev–Trinajstić information content (AvgIpc) is 3.52. The topological polar surface area (TPSA) is 41.0 Å². The number of fused-ring (bicyclic) bond motifs is 1. The number of nitrogens with one attached hydrogen (secondary N) is 1. The average molecular weight is 405 g/mol. The van der Waals surface area contributed by atoms with Crippen molar-refractivity contribution in [2.45, 2.75) is 51.1 Å². The van der Waals surface area contributed by atoms with Crippen LogP contribution in [0.15, 0.2) is 54.6 Å². The van der Waals surface area contributed by atoms with Crippen LogP contribution in [0.4, 0.5) is 17.3 Å². The van der Waals surface area contributed by atoms with Gasteiger partial charge in [-0.3, -0.25) is 0 Å². The number of hydrogen-bond acceptors (Lipinski definition) is 4. The van der Waals surface area contributed by atoms with Gasteiger partial charge in [0.25, 0.3) is 0 Å². The molecule has 148 valence electrons. The fourth-order valence-electron chi connectivity index (χ4n) is 4.11. The molecule has 0 bridgehead atoms. The smallest absolute Gasteiger partial charge is 0.136 e. The minimum Gasteiger partial charge on any atom is -0.347 e. The van der Waals surface area contributed by atoms with Gasteiger partial charge in [-0.2, -0.15) is 0 Å². The van der Waals surface area contributed by atoms with E-state index in [-0.39, 0.29) is 5.54 Å². The van der Waals surface area contributed by atoms with Crippen molar-refractivity contribution < 1.29 is 0 Å². The lowest BCUT2D eigenvalue weighted by Crippen LogP contribution is -2.49. The van der Waals surface area contributed by atoms with Gasteiger partial charge in [0.05, 0.1) is 0 Å². The van der Waals surface area contributed by atoms with Gasteiger partial charge in [-0.05, 0) is 62.4 Å². The molecule has 1 aromatic heterocycles. The highest BCUT2D eigenvalue weighted by atomic mass is 35.5. The van der Waals surface area contributed by atoms with Crippen molar-refractivity contribution in [2.24, 2.45) is 0 Å². The van der Waals surface area contributed by atoms with Crippen LogP contribution < -0.4 is 10.2 Å². The molecule has 2 aromatic carbocycles. The largest absolute Gasteiger partial charge is 0.347 e. The summed E-state index contributed by atoms with van der Waals surface area (Å²) in [6, 6.07) is 18.5. The molecule has 2 heterocycles.